The number of nitrogens with zero attached hydrogens (tertiary/aromatic N) is 2. The van der Waals surface area contributed by atoms with E-state index >= 15 is 0 Å². The zero-order chi connectivity index (χ0) is 22.1. The fraction of sp³-hybridized carbons (Fsp3) is 0.286. The normalized spacial score (nSPS) is 13.6. The molecule has 2 N–H and O–H groups in total. The third-order valence-electron chi connectivity index (χ3n) is 4.28. The van der Waals surface area contributed by atoms with Crippen molar-refractivity contribution in [1.29, 1.82) is 0 Å². The van der Waals surface area contributed by atoms with Crippen LogP contribution in [0.3, 0.4) is 0 Å². The van der Waals surface area contributed by atoms with Crippen molar-refractivity contribution < 1.29 is 23.8 Å². The SMILES string of the molecule is C=CCOc1ccc(/C=C/C(=O)NNC(=O)c2csc(N3CCOCC3)n2)cc1OC. The van der Waals surface area contributed by atoms with Crippen LogP contribution < -0.4 is 25.2 Å². The van der Waals surface area contributed by atoms with E-state index < -0.39 is 11.8 Å². The number of morpholine rings is 1. The van der Waals surface area contributed by atoms with Gasteiger partial charge >= 0.3 is 0 Å². The fourth-order valence-electron chi connectivity index (χ4n) is 2.72. The Labute approximate surface area is 184 Å². The smallest absolute Gasteiger partial charge is 0.289 e. The molecule has 0 atom stereocenters. The van der Waals surface area contributed by atoms with Gasteiger partial charge in [-0.05, 0) is 23.8 Å². The number of benzene rings is 1. The molecule has 1 aliphatic heterocycles. The molecular weight excluding hydrogens is 420 g/mol. The number of carbonyl (C=O) groups excluding carboxylic acids is 2. The Morgan fingerprint density at radius 2 is 2.10 bits per heavy atom. The van der Waals surface area contributed by atoms with Crippen molar-refractivity contribution in [3.05, 3.63) is 53.6 Å². The van der Waals surface area contributed by atoms with Gasteiger partial charge in [-0.25, -0.2) is 4.98 Å². The highest BCUT2D eigenvalue weighted by Gasteiger charge is 2.17. The molecule has 10 heteroatoms. The maximum atomic E-state index is 12.2. The number of thiazole rings is 1. The minimum atomic E-state index is -0.483. The molecule has 0 spiro atoms. The molecule has 2 amide bonds. The van der Waals surface area contributed by atoms with Crippen molar-refractivity contribution in [2.24, 2.45) is 0 Å². The van der Waals surface area contributed by atoms with Gasteiger partial charge in [0.25, 0.3) is 11.8 Å². The molecule has 1 aliphatic rings. The second-order valence-electron chi connectivity index (χ2n) is 6.40. The van der Waals surface area contributed by atoms with Crippen molar-refractivity contribution in [3.8, 4) is 11.5 Å². The summed E-state index contributed by atoms with van der Waals surface area (Å²) in [5.74, 6) is 0.152. The Balaban J connectivity index is 1.51. The molecule has 0 aliphatic carbocycles. The molecule has 1 fully saturated rings. The predicted molar refractivity (Wildman–Crippen MR) is 118 cm³/mol. The lowest BCUT2D eigenvalue weighted by Crippen LogP contribution is -2.41. The number of anilines is 1. The molecule has 1 aromatic carbocycles. The van der Waals surface area contributed by atoms with E-state index in [0.717, 1.165) is 23.8 Å². The average Bonchev–Trinajstić information content (AvgIpc) is 3.31. The summed E-state index contributed by atoms with van der Waals surface area (Å²) in [6, 6.07) is 5.27. The summed E-state index contributed by atoms with van der Waals surface area (Å²) >= 11 is 1.38. The van der Waals surface area contributed by atoms with Gasteiger partial charge in [0, 0.05) is 24.5 Å². The summed E-state index contributed by atoms with van der Waals surface area (Å²) in [7, 11) is 1.54. The largest absolute Gasteiger partial charge is 0.493 e. The molecule has 164 valence electrons. The molecule has 9 nitrogen and oxygen atoms in total. The van der Waals surface area contributed by atoms with Crippen LogP contribution in [0.25, 0.3) is 6.08 Å². The Morgan fingerprint density at radius 3 is 2.84 bits per heavy atom. The lowest BCUT2D eigenvalue weighted by atomic mass is 10.2. The number of nitrogens with one attached hydrogen (secondary N) is 2. The lowest BCUT2D eigenvalue weighted by Gasteiger charge is -2.25. The summed E-state index contributed by atoms with van der Waals surface area (Å²) in [5, 5.41) is 2.42. The van der Waals surface area contributed by atoms with Gasteiger partial charge in [0.1, 0.15) is 12.3 Å². The second kappa shape index (κ2) is 11.1. The van der Waals surface area contributed by atoms with Gasteiger partial charge in [-0.3, -0.25) is 20.4 Å². The van der Waals surface area contributed by atoms with Crippen LogP contribution in [0.5, 0.6) is 11.5 Å². The highest BCUT2D eigenvalue weighted by atomic mass is 32.1. The van der Waals surface area contributed by atoms with Crippen LogP contribution in [0.1, 0.15) is 16.1 Å². The van der Waals surface area contributed by atoms with Crippen molar-refractivity contribution in [1.82, 2.24) is 15.8 Å². The highest BCUT2D eigenvalue weighted by Crippen LogP contribution is 2.28. The molecule has 3 rings (SSSR count). The van der Waals surface area contributed by atoms with Crippen LogP contribution in [-0.2, 0) is 9.53 Å². The number of methoxy groups -OCH3 is 1. The topological polar surface area (TPSA) is 102 Å². The molecule has 0 unspecified atom stereocenters. The van der Waals surface area contributed by atoms with E-state index in [1.54, 1.807) is 35.7 Å². The molecule has 0 saturated carbocycles. The average molecular weight is 445 g/mol. The summed E-state index contributed by atoms with van der Waals surface area (Å²) in [6.07, 6.45) is 4.54. The minimum Gasteiger partial charge on any atom is -0.493 e. The minimum absolute atomic E-state index is 0.246. The molecular formula is C21H24N4O5S. The number of ether oxygens (including phenoxy) is 3. The molecule has 31 heavy (non-hydrogen) atoms. The summed E-state index contributed by atoms with van der Waals surface area (Å²) in [6.45, 7) is 6.72. The van der Waals surface area contributed by atoms with Crippen molar-refractivity contribution in [2.45, 2.75) is 0 Å². The molecule has 0 bridgehead atoms. The van der Waals surface area contributed by atoms with Crippen LogP contribution >= 0.6 is 11.3 Å². The standard InChI is InChI=1S/C21H24N4O5S/c1-3-10-30-17-6-4-15(13-18(17)28-2)5-7-19(26)23-24-20(27)16-14-31-21(22-16)25-8-11-29-12-9-25/h3-7,13-14H,1,8-12H2,2H3,(H,23,26)(H,24,27)/b7-5+. The Morgan fingerprint density at radius 1 is 1.29 bits per heavy atom. The molecule has 1 aromatic heterocycles. The Hall–Kier alpha value is -3.37. The number of rotatable bonds is 8. The van der Waals surface area contributed by atoms with Crippen LogP contribution in [0.4, 0.5) is 5.13 Å². The van der Waals surface area contributed by atoms with Crippen molar-refractivity contribution in [2.75, 3.05) is 44.9 Å². The Bertz CT molecular complexity index is 953. The van der Waals surface area contributed by atoms with Crippen LogP contribution in [0.2, 0.25) is 0 Å². The van der Waals surface area contributed by atoms with Gasteiger partial charge in [0.05, 0.1) is 20.3 Å². The maximum Gasteiger partial charge on any atom is 0.289 e. The van der Waals surface area contributed by atoms with E-state index in [-0.39, 0.29) is 5.69 Å². The van der Waals surface area contributed by atoms with Crippen LogP contribution in [0.15, 0.2) is 42.3 Å². The summed E-state index contributed by atoms with van der Waals surface area (Å²) < 4.78 is 16.1. The van der Waals surface area contributed by atoms with E-state index in [1.807, 2.05) is 0 Å². The molecule has 2 heterocycles. The van der Waals surface area contributed by atoms with Gasteiger partial charge in [0.2, 0.25) is 0 Å². The number of hydrogen-bond donors (Lipinski definition) is 2. The first-order valence-corrected chi connectivity index (χ1v) is 10.5. The monoisotopic (exact) mass is 444 g/mol. The zero-order valence-electron chi connectivity index (χ0n) is 17.1. The summed E-state index contributed by atoms with van der Waals surface area (Å²) in [4.78, 5) is 30.7. The van der Waals surface area contributed by atoms with Crippen molar-refractivity contribution >= 4 is 34.4 Å². The third-order valence-corrected chi connectivity index (χ3v) is 5.18. The molecule has 2 aromatic rings. The third kappa shape index (κ3) is 6.30. The molecule has 0 radical (unpaired) electrons. The van der Waals surface area contributed by atoms with Gasteiger partial charge in [-0.2, -0.15) is 0 Å². The van der Waals surface area contributed by atoms with Gasteiger partial charge in [-0.15, -0.1) is 11.3 Å². The van der Waals surface area contributed by atoms with Gasteiger partial charge < -0.3 is 19.1 Å². The first-order chi connectivity index (χ1) is 15.1. The fourth-order valence-corrected chi connectivity index (χ4v) is 3.58. The van der Waals surface area contributed by atoms with E-state index in [2.05, 4.69) is 27.3 Å². The zero-order valence-corrected chi connectivity index (χ0v) is 17.9. The predicted octanol–water partition coefficient (Wildman–Crippen LogP) is 2.03. The number of amides is 2. The van der Waals surface area contributed by atoms with Crippen LogP contribution in [-0.4, -0.2) is 56.8 Å². The number of carbonyl (C=O) groups is 2. The van der Waals surface area contributed by atoms with E-state index in [4.69, 9.17) is 14.2 Å². The quantitative estimate of drug-likeness (QED) is 0.365. The second-order valence-corrected chi connectivity index (χ2v) is 7.24. The van der Waals surface area contributed by atoms with Gasteiger partial charge in [0.15, 0.2) is 16.6 Å². The lowest BCUT2D eigenvalue weighted by molar-refractivity contribution is -0.117. The summed E-state index contributed by atoms with van der Waals surface area (Å²) in [5.41, 5.74) is 5.69. The highest BCUT2D eigenvalue weighted by molar-refractivity contribution is 7.13. The first kappa shape index (κ1) is 22.3. The van der Waals surface area contributed by atoms with E-state index in [1.165, 1.54) is 24.5 Å². The van der Waals surface area contributed by atoms with Crippen molar-refractivity contribution in [3.63, 3.8) is 0 Å². The first-order valence-electron chi connectivity index (χ1n) is 9.59. The van der Waals surface area contributed by atoms with Gasteiger partial charge in [-0.1, -0.05) is 18.7 Å². The molecule has 1 saturated heterocycles. The number of hydrogen-bond acceptors (Lipinski definition) is 8. The Kier molecular flexibility index (Phi) is 8.02. The number of aromatic nitrogens is 1. The van der Waals surface area contributed by atoms with E-state index in [0.29, 0.717) is 31.3 Å². The van der Waals surface area contributed by atoms with Crippen LogP contribution in [0, 0.1) is 0 Å². The number of hydrazine groups is 1. The van der Waals surface area contributed by atoms with E-state index in [9.17, 15) is 9.59 Å². The maximum absolute atomic E-state index is 12.2.